The number of carbonyl (C=O) groups is 1. The number of guanidine groups is 1. The van der Waals surface area contributed by atoms with Gasteiger partial charge in [0.05, 0.1) is 18.4 Å². The zero-order valence-corrected chi connectivity index (χ0v) is 16.5. The molecule has 0 unspecified atom stereocenters. The zero-order valence-electron chi connectivity index (χ0n) is 16.5. The van der Waals surface area contributed by atoms with E-state index in [0.717, 1.165) is 5.69 Å². The van der Waals surface area contributed by atoms with E-state index < -0.39 is 12.7 Å². The topological polar surface area (TPSA) is 69.0 Å². The molecule has 158 valence electrons. The Hall–Kier alpha value is -2.30. The summed E-state index contributed by atoms with van der Waals surface area (Å²) in [7, 11) is 3.24. The summed E-state index contributed by atoms with van der Waals surface area (Å²) in [5, 5.41) is 7.25. The molecule has 0 spiro atoms. The van der Waals surface area contributed by atoms with Crippen LogP contribution in [0.15, 0.2) is 17.4 Å². The number of nitrogens with one attached hydrogen (secondary N) is 1. The minimum Gasteiger partial charge on any atom is -0.357 e. The van der Waals surface area contributed by atoms with E-state index in [-0.39, 0.29) is 12.5 Å². The van der Waals surface area contributed by atoms with E-state index in [0.29, 0.717) is 45.1 Å². The number of hydrogen-bond acceptors (Lipinski definition) is 4. The Morgan fingerprint density at radius 3 is 2.71 bits per heavy atom. The predicted octanol–water partition coefficient (Wildman–Crippen LogP) is 0.918. The van der Waals surface area contributed by atoms with Gasteiger partial charge in [-0.15, -0.1) is 0 Å². The van der Waals surface area contributed by atoms with Crippen molar-refractivity contribution in [1.29, 1.82) is 0 Å². The number of alkyl halides is 3. The van der Waals surface area contributed by atoms with E-state index in [9.17, 15) is 18.0 Å². The molecule has 1 aliphatic heterocycles. The second kappa shape index (κ2) is 9.76. The van der Waals surface area contributed by atoms with Crippen molar-refractivity contribution in [2.24, 2.45) is 12.0 Å². The lowest BCUT2D eigenvalue weighted by Gasteiger charge is -2.35. The fourth-order valence-corrected chi connectivity index (χ4v) is 3.01. The highest BCUT2D eigenvalue weighted by Crippen LogP contribution is 2.17. The monoisotopic (exact) mass is 403 g/mol. The van der Waals surface area contributed by atoms with Crippen LogP contribution in [-0.4, -0.2) is 90.5 Å². The van der Waals surface area contributed by atoms with Gasteiger partial charge in [-0.05, 0) is 26.9 Å². The number of aliphatic imine (C=N–C) groups is 1. The third kappa shape index (κ3) is 6.70. The van der Waals surface area contributed by atoms with Crippen LogP contribution in [0.3, 0.4) is 0 Å². The second-order valence-electron chi connectivity index (χ2n) is 6.78. The molecule has 0 saturated carbocycles. The van der Waals surface area contributed by atoms with E-state index in [1.165, 1.54) is 11.9 Å². The SMILES string of the molecule is CCNC(=NCCCN(C)CC(F)(F)F)N1CCN(c2cnn(C)c2)C(=O)C1. The predicted molar refractivity (Wildman–Crippen MR) is 101 cm³/mol. The van der Waals surface area contributed by atoms with Crippen LogP contribution in [0.25, 0.3) is 0 Å². The van der Waals surface area contributed by atoms with E-state index >= 15 is 0 Å². The number of hydrogen-bond donors (Lipinski definition) is 1. The van der Waals surface area contributed by atoms with Crippen molar-refractivity contribution in [3.05, 3.63) is 12.4 Å². The molecule has 0 aromatic carbocycles. The van der Waals surface area contributed by atoms with Crippen molar-refractivity contribution in [1.82, 2.24) is 24.9 Å². The molecule has 0 atom stereocenters. The highest BCUT2D eigenvalue weighted by molar-refractivity contribution is 5.98. The van der Waals surface area contributed by atoms with Crippen molar-refractivity contribution in [3.63, 3.8) is 0 Å². The van der Waals surface area contributed by atoms with Gasteiger partial charge in [0.25, 0.3) is 0 Å². The molecule has 1 aromatic rings. The van der Waals surface area contributed by atoms with Gasteiger partial charge in [-0.3, -0.25) is 19.4 Å². The summed E-state index contributed by atoms with van der Waals surface area (Å²) >= 11 is 0. The van der Waals surface area contributed by atoms with E-state index in [1.807, 2.05) is 11.8 Å². The minimum absolute atomic E-state index is 0.0465. The van der Waals surface area contributed by atoms with Crippen LogP contribution in [0, 0.1) is 0 Å². The Balaban J connectivity index is 1.87. The number of piperazine rings is 1. The van der Waals surface area contributed by atoms with Gasteiger partial charge >= 0.3 is 6.18 Å². The van der Waals surface area contributed by atoms with Crippen LogP contribution in [0.1, 0.15) is 13.3 Å². The molecule has 28 heavy (non-hydrogen) atoms. The van der Waals surface area contributed by atoms with Crippen molar-refractivity contribution < 1.29 is 18.0 Å². The third-order valence-corrected chi connectivity index (χ3v) is 4.27. The summed E-state index contributed by atoms with van der Waals surface area (Å²) in [6.45, 7) is 3.65. The second-order valence-corrected chi connectivity index (χ2v) is 6.78. The Kier molecular flexibility index (Phi) is 7.67. The lowest BCUT2D eigenvalue weighted by atomic mass is 10.3. The largest absolute Gasteiger partial charge is 0.401 e. The van der Waals surface area contributed by atoms with Crippen molar-refractivity contribution in [3.8, 4) is 0 Å². The number of amides is 1. The number of aromatic nitrogens is 2. The Labute approximate surface area is 163 Å². The molecule has 1 aliphatic rings. The zero-order chi connectivity index (χ0) is 20.7. The summed E-state index contributed by atoms with van der Waals surface area (Å²) < 4.78 is 38.7. The lowest BCUT2D eigenvalue weighted by Crippen LogP contribution is -2.55. The molecule has 1 saturated heterocycles. The Morgan fingerprint density at radius 1 is 1.39 bits per heavy atom. The molecule has 1 amide bonds. The van der Waals surface area contributed by atoms with Crippen molar-refractivity contribution >= 4 is 17.6 Å². The third-order valence-electron chi connectivity index (χ3n) is 4.27. The summed E-state index contributed by atoms with van der Waals surface area (Å²) in [5.41, 5.74) is 0.766. The number of rotatable bonds is 7. The normalized spacial score (nSPS) is 16.2. The molecule has 0 bridgehead atoms. The maximum absolute atomic E-state index is 12.5. The number of nitrogens with zero attached hydrogens (tertiary/aromatic N) is 6. The van der Waals surface area contributed by atoms with Crippen LogP contribution >= 0.6 is 0 Å². The number of halogens is 3. The molecule has 2 heterocycles. The van der Waals surface area contributed by atoms with Crippen LogP contribution < -0.4 is 10.2 Å². The molecule has 2 rings (SSSR count). The van der Waals surface area contributed by atoms with E-state index in [2.05, 4.69) is 15.4 Å². The first kappa shape index (κ1) is 22.0. The molecule has 1 aromatic heterocycles. The molecular formula is C17H28F3N7O. The fourth-order valence-electron chi connectivity index (χ4n) is 3.01. The first-order chi connectivity index (χ1) is 13.2. The van der Waals surface area contributed by atoms with Gasteiger partial charge in [-0.25, -0.2) is 0 Å². The molecular weight excluding hydrogens is 375 g/mol. The molecule has 0 aliphatic carbocycles. The highest BCUT2D eigenvalue weighted by atomic mass is 19.4. The van der Waals surface area contributed by atoms with Gasteiger partial charge in [0.1, 0.15) is 6.54 Å². The quantitative estimate of drug-likeness (QED) is 0.417. The van der Waals surface area contributed by atoms with Gasteiger partial charge < -0.3 is 15.1 Å². The van der Waals surface area contributed by atoms with Crippen molar-refractivity contribution in [2.45, 2.75) is 19.5 Å². The van der Waals surface area contributed by atoms with Crippen LogP contribution in [0.5, 0.6) is 0 Å². The van der Waals surface area contributed by atoms with Gasteiger partial charge in [0.15, 0.2) is 5.96 Å². The highest BCUT2D eigenvalue weighted by Gasteiger charge is 2.29. The van der Waals surface area contributed by atoms with Gasteiger partial charge in [-0.2, -0.15) is 18.3 Å². The average Bonchev–Trinajstić information content (AvgIpc) is 3.02. The van der Waals surface area contributed by atoms with Gasteiger partial charge in [-0.1, -0.05) is 0 Å². The fraction of sp³-hybridized carbons (Fsp3) is 0.706. The number of aryl methyl sites for hydroxylation is 1. The van der Waals surface area contributed by atoms with E-state index in [1.54, 1.807) is 29.0 Å². The van der Waals surface area contributed by atoms with E-state index in [4.69, 9.17) is 0 Å². The number of carbonyl (C=O) groups excluding carboxylic acids is 1. The Bertz CT molecular complexity index is 674. The van der Waals surface area contributed by atoms with Crippen LogP contribution in [-0.2, 0) is 11.8 Å². The maximum Gasteiger partial charge on any atom is 0.401 e. The van der Waals surface area contributed by atoms with Gasteiger partial charge in [0.2, 0.25) is 5.91 Å². The molecule has 1 fully saturated rings. The number of anilines is 1. The Morgan fingerprint density at radius 2 is 2.14 bits per heavy atom. The minimum atomic E-state index is -4.19. The summed E-state index contributed by atoms with van der Waals surface area (Å²) in [5.74, 6) is 0.565. The van der Waals surface area contributed by atoms with Gasteiger partial charge in [0, 0.05) is 39.4 Å². The first-order valence-electron chi connectivity index (χ1n) is 9.27. The smallest absolute Gasteiger partial charge is 0.357 e. The lowest BCUT2D eigenvalue weighted by molar-refractivity contribution is -0.143. The summed E-state index contributed by atoms with van der Waals surface area (Å²) in [4.78, 5) is 21.8. The summed E-state index contributed by atoms with van der Waals surface area (Å²) in [6.07, 6.45) is -0.235. The first-order valence-corrected chi connectivity index (χ1v) is 9.27. The van der Waals surface area contributed by atoms with Crippen LogP contribution in [0.2, 0.25) is 0 Å². The molecule has 11 heteroatoms. The standard InChI is InChI=1S/C17H28F3N7O/c1-4-21-16(22-6-5-7-24(2)13-17(18,19)20)26-8-9-27(15(28)12-26)14-10-23-25(3)11-14/h10-11H,4-9,12-13H2,1-3H3,(H,21,22). The van der Waals surface area contributed by atoms with Crippen molar-refractivity contribution in [2.75, 3.05) is 57.8 Å². The maximum atomic E-state index is 12.5. The molecule has 8 nitrogen and oxygen atoms in total. The molecule has 0 radical (unpaired) electrons. The molecule has 1 N–H and O–H groups in total. The average molecular weight is 403 g/mol. The summed E-state index contributed by atoms with van der Waals surface area (Å²) in [6, 6.07) is 0. The van der Waals surface area contributed by atoms with Crippen LogP contribution in [0.4, 0.5) is 18.9 Å².